The average Bonchev–Trinajstić information content (AvgIpc) is 3.16. The van der Waals surface area contributed by atoms with Crippen molar-refractivity contribution in [1.29, 1.82) is 0 Å². The molecule has 0 radical (unpaired) electrons. The Balaban J connectivity index is 2.07. The number of Topliss-reactive ketones (excluding diaryl/α,β-unsaturated/α-hetero) is 1. The van der Waals surface area contributed by atoms with Crippen LogP contribution < -0.4 is 0 Å². The van der Waals surface area contributed by atoms with Gasteiger partial charge < -0.3 is 19.0 Å². The lowest BCUT2D eigenvalue weighted by Crippen LogP contribution is -2.17. The second kappa shape index (κ2) is 15.3. The number of ketones is 1. The van der Waals surface area contributed by atoms with Gasteiger partial charge in [-0.2, -0.15) is 0 Å². The summed E-state index contributed by atoms with van der Waals surface area (Å²) >= 11 is 0. The third-order valence-electron chi connectivity index (χ3n) is 4.79. The van der Waals surface area contributed by atoms with E-state index in [4.69, 9.17) is 13.9 Å². The lowest BCUT2D eigenvalue weighted by Gasteiger charge is -2.15. The molecule has 0 spiro atoms. The highest BCUT2D eigenvalue weighted by Crippen LogP contribution is 2.19. The van der Waals surface area contributed by atoms with E-state index >= 15 is 0 Å². The van der Waals surface area contributed by atoms with E-state index in [9.17, 15) is 14.7 Å². The summed E-state index contributed by atoms with van der Waals surface area (Å²) in [6.07, 6.45) is 8.48. The molecule has 1 heterocycles. The number of carbonyl (C=O) groups excluding carboxylic acids is 2. The highest BCUT2D eigenvalue weighted by Gasteiger charge is 2.15. The van der Waals surface area contributed by atoms with Crippen LogP contribution in [0.4, 0.5) is 0 Å². The summed E-state index contributed by atoms with van der Waals surface area (Å²) in [4.78, 5) is 23.1. The first-order chi connectivity index (χ1) is 13.5. The summed E-state index contributed by atoms with van der Waals surface area (Å²) in [6, 6.07) is 3.64. The van der Waals surface area contributed by atoms with E-state index in [0.29, 0.717) is 26.1 Å². The second-order valence-electron chi connectivity index (χ2n) is 7.24. The fourth-order valence-corrected chi connectivity index (χ4v) is 3.17. The van der Waals surface area contributed by atoms with Crippen LogP contribution in [0.1, 0.15) is 77.4 Å². The first kappa shape index (κ1) is 24.4. The zero-order valence-electron chi connectivity index (χ0n) is 17.4. The van der Waals surface area contributed by atoms with Crippen molar-refractivity contribution in [3.63, 3.8) is 0 Å². The second-order valence-corrected chi connectivity index (χ2v) is 7.24. The van der Waals surface area contributed by atoms with Gasteiger partial charge in [0.1, 0.15) is 18.2 Å². The summed E-state index contributed by atoms with van der Waals surface area (Å²) < 4.78 is 15.5. The molecule has 0 fully saturated rings. The Hall–Kier alpha value is -1.66. The van der Waals surface area contributed by atoms with Gasteiger partial charge in [0.15, 0.2) is 0 Å². The molecule has 0 bridgehead atoms. The van der Waals surface area contributed by atoms with Crippen LogP contribution in [0.2, 0.25) is 0 Å². The quantitative estimate of drug-likeness (QED) is 0.309. The van der Waals surface area contributed by atoms with E-state index < -0.39 is 6.10 Å². The molecule has 1 N–H and O–H groups in total. The normalized spacial score (nSPS) is 13.2. The molecule has 0 saturated heterocycles. The zero-order valence-corrected chi connectivity index (χ0v) is 17.4. The van der Waals surface area contributed by atoms with Gasteiger partial charge in [0, 0.05) is 12.3 Å². The molecule has 6 nitrogen and oxygen atoms in total. The maximum atomic E-state index is 11.8. The molecular formula is C22H36O6. The highest BCUT2D eigenvalue weighted by atomic mass is 16.5. The fourth-order valence-electron chi connectivity index (χ4n) is 3.17. The molecule has 6 heteroatoms. The number of hydrogen-bond acceptors (Lipinski definition) is 6. The average molecular weight is 397 g/mol. The third kappa shape index (κ3) is 11.9. The van der Waals surface area contributed by atoms with Crippen LogP contribution in [0.25, 0.3) is 0 Å². The zero-order chi connectivity index (χ0) is 20.6. The first-order valence-corrected chi connectivity index (χ1v) is 10.5. The van der Waals surface area contributed by atoms with Crippen molar-refractivity contribution in [2.24, 2.45) is 5.92 Å². The van der Waals surface area contributed by atoms with Crippen LogP contribution in [-0.4, -0.2) is 36.2 Å². The summed E-state index contributed by atoms with van der Waals surface area (Å²) in [5.41, 5.74) is 0. The van der Waals surface area contributed by atoms with Gasteiger partial charge in [0.05, 0.1) is 25.6 Å². The van der Waals surface area contributed by atoms with Gasteiger partial charge >= 0.3 is 5.97 Å². The Labute approximate surface area is 168 Å². The van der Waals surface area contributed by atoms with E-state index in [1.807, 2.05) is 13.0 Å². The summed E-state index contributed by atoms with van der Waals surface area (Å²) in [6.45, 7) is 4.52. The fraction of sp³-hybridized carbons (Fsp3) is 0.727. The van der Waals surface area contributed by atoms with E-state index in [2.05, 4.69) is 0 Å². The Kier molecular flexibility index (Phi) is 13.3. The maximum absolute atomic E-state index is 11.8. The summed E-state index contributed by atoms with van der Waals surface area (Å²) in [7, 11) is 0. The van der Waals surface area contributed by atoms with E-state index in [1.54, 1.807) is 19.3 Å². The standard InChI is InChI=1S/C22H36O6/c1-3-27-22(25)14-7-5-4-6-10-19(18(2)23)11-8-12-20(24)16-26-17-21-13-9-15-28-21/h9,13,15,19-20,24H,3-8,10-12,14,16-17H2,1-2H3. The number of aliphatic hydroxyl groups excluding tert-OH is 1. The van der Waals surface area contributed by atoms with Gasteiger partial charge in [-0.1, -0.05) is 25.7 Å². The third-order valence-corrected chi connectivity index (χ3v) is 4.79. The molecule has 0 amide bonds. The largest absolute Gasteiger partial charge is 0.467 e. The molecule has 0 saturated carbocycles. The van der Waals surface area contributed by atoms with Gasteiger partial charge in [0.25, 0.3) is 0 Å². The molecule has 1 rings (SSSR count). The molecule has 2 atom stereocenters. The Morgan fingerprint density at radius 2 is 1.86 bits per heavy atom. The van der Waals surface area contributed by atoms with Crippen molar-refractivity contribution in [1.82, 2.24) is 0 Å². The van der Waals surface area contributed by atoms with Crippen molar-refractivity contribution in [2.45, 2.75) is 84.3 Å². The molecule has 0 aliphatic rings. The molecule has 0 aromatic carbocycles. The maximum Gasteiger partial charge on any atom is 0.305 e. The molecule has 1 aromatic heterocycles. The van der Waals surface area contributed by atoms with E-state index in [1.165, 1.54) is 0 Å². The lowest BCUT2D eigenvalue weighted by atomic mass is 9.91. The summed E-state index contributed by atoms with van der Waals surface area (Å²) in [5, 5.41) is 10.0. The summed E-state index contributed by atoms with van der Waals surface area (Å²) in [5.74, 6) is 0.887. The minimum atomic E-state index is -0.523. The molecule has 0 aliphatic carbocycles. The van der Waals surface area contributed by atoms with Gasteiger partial charge in [-0.15, -0.1) is 0 Å². The minimum Gasteiger partial charge on any atom is -0.467 e. The number of aliphatic hydroxyl groups is 1. The number of furan rings is 1. The van der Waals surface area contributed by atoms with Gasteiger partial charge in [-0.25, -0.2) is 0 Å². The van der Waals surface area contributed by atoms with Crippen molar-refractivity contribution < 1.29 is 28.6 Å². The Morgan fingerprint density at radius 3 is 2.54 bits per heavy atom. The van der Waals surface area contributed by atoms with Crippen LogP contribution in [0, 0.1) is 5.92 Å². The Morgan fingerprint density at radius 1 is 1.11 bits per heavy atom. The molecule has 2 unspecified atom stereocenters. The molecule has 1 aromatic rings. The van der Waals surface area contributed by atoms with Crippen LogP contribution in [0.3, 0.4) is 0 Å². The minimum absolute atomic E-state index is 0.0568. The van der Waals surface area contributed by atoms with Gasteiger partial charge in [-0.05, 0) is 51.7 Å². The topological polar surface area (TPSA) is 86.0 Å². The number of unbranched alkanes of at least 4 members (excludes halogenated alkanes) is 3. The predicted octanol–water partition coefficient (Wildman–Crippen LogP) is 4.44. The first-order valence-electron chi connectivity index (χ1n) is 10.5. The van der Waals surface area contributed by atoms with Crippen molar-refractivity contribution in [3.05, 3.63) is 24.2 Å². The molecule has 160 valence electrons. The lowest BCUT2D eigenvalue weighted by molar-refractivity contribution is -0.143. The van der Waals surface area contributed by atoms with Crippen molar-refractivity contribution in [2.75, 3.05) is 13.2 Å². The number of ether oxygens (including phenoxy) is 2. The SMILES string of the molecule is CCOC(=O)CCCCCCC(CCCC(O)COCc1ccco1)C(C)=O. The smallest absolute Gasteiger partial charge is 0.305 e. The molecule has 0 aliphatic heterocycles. The van der Waals surface area contributed by atoms with Crippen molar-refractivity contribution in [3.8, 4) is 0 Å². The number of carbonyl (C=O) groups is 2. The molecular weight excluding hydrogens is 360 g/mol. The number of hydrogen-bond donors (Lipinski definition) is 1. The van der Waals surface area contributed by atoms with Crippen LogP contribution >= 0.6 is 0 Å². The Bertz CT molecular complexity index is 525. The van der Waals surface area contributed by atoms with Crippen LogP contribution in [0.15, 0.2) is 22.8 Å². The number of rotatable bonds is 17. The highest BCUT2D eigenvalue weighted by molar-refractivity contribution is 5.78. The van der Waals surface area contributed by atoms with Gasteiger partial charge in [0.2, 0.25) is 0 Å². The predicted molar refractivity (Wildman–Crippen MR) is 107 cm³/mol. The molecule has 28 heavy (non-hydrogen) atoms. The van der Waals surface area contributed by atoms with Crippen LogP contribution in [-0.2, 0) is 25.7 Å². The van der Waals surface area contributed by atoms with Crippen molar-refractivity contribution >= 4 is 11.8 Å². The van der Waals surface area contributed by atoms with Gasteiger partial charge in [-0.3, -0.25) is 9.59 Å². The monoisotopic (exact) mass is 396 g/mol. The number of esters is 1. The van der Waals surface area contributed by atoms with Crippen LogP contribution in [0.5, 0.6) is 0 Å². The van der Waals surface area contributed by atoms with E-state index in [0.717, 1.165) is 50.7 Å². The van der Waals surface area contributed by atoms with E-state index in [-0.39, 0.29) is 24.3 Å².